The Morgan fingerprint density at radius 2 is 2.00 bits per heavy atom. The number of methoxy groups -OCH3 is 1. The van der Waals surface area contributed by atoms with E-state index in [9.17, 15) is 9.59 Å². The summed E-state index contributed by atoms with van der Waals surface area (Å²) in [6, 6.07) is 7.45. The first kappa shape index (κ1) is 13.6. The maximum atomic E-state index is 12.6. The van der Waals surface area contributed by atoms with Crippen LogP contribution in [-0.4, -0.2) is 25.5 Å². The van der Waals surface area contributed by atoms with E-state index >= 15 is 0 Å². The number of hydrogen-bond acceptors (Lipinski definition) is 4. The second-order valence-corrected chi connectivity index (χ2v) is 5.05. The molecular weight excluding hydrogens is 244 g/mol. The van der Waals surface area contributed by atoms with Crippen molar-refractivity contribution in [1.29, 1.82) is 0 Å². The van der Waals surface area contributed by atoms with E-state index in [2.05, 4.69) is 0 Å². The molecule has 0 aliphatic carbocycles. The van der Waals surface area contributed by atoms with Crippen LogP contribution in [0.15, 0.2) is 24.3 Å². The Morgan fingerprint density at radius 3 is 2.63 bits per heavy atom. The Labute approximate surface area is 112 Å². The highest BCUT2D eigenvalue weighted by Gasteiger charge is 2.39. The fourth-order valence-electron chi connectivity index (χ4n) is 2.46. The zero-order valence-corrected chi connectivity index (χ0v) is 11.4. The number of rotatable bonds is 4. The highest BCUT2D eigenvalue weighted by Crippen LogP contribution is 2.36. The van der Waals surface area contributed by atoms with E-state index in [0.29, 0.717) is 6.61 Å². The van der Waals surface area contributed by atoms with Gasteiger partial charge in [-0.1, -0.05) is 32.0 Å². The topological polar surface area (TPSA) is 52.6 Å². The predicted octanol–water partition coefficient (Wildman–Crippen LogP) is 2.18. The van der Waals surface area contributed by atoms with Gasteiger partial charge in [0.25, 0.3) is 0 Å². The van der Waals surface area contributed by atoms with Crippen LogP contribution >= 0.6 is 0 Å². The largest absolute Gasteiger partial charge is 0.492 e. The van der Waals surface area contributed by atoms with Crippen molar-refractivity contribution in [1.82, 2.24) is 0 Å². The second-order valence-electron chi connectivity index (χ2n) is 5.05. The lowest BCUT2D eigenvalue weighted by Crippen LogP contribution is -2.34. The van der Waals surface area contributed by atoms with E-state index in [1.165, 1.54) is 7.11 Å². The van der Waals surface area contributed by atoms with Gasteiger partial charge in [0.15, 0.2) is 5.78 Å². The lowest BCUT2D eigenvalue weighted by atomic mass is 9.83. The van der Waals surface area contributed by atoms with Crippen LogP contribution in [0.4, 0.5) is 0 Å². The van der Waals surface area contributed by atoms with Gasteiger partial charge >= 0.3 is 5.97 Å². The minimum Gasteiger partial charge on any atom is -0.492 e. The SMILES string of the molecule is COC(=O)C(C(=O)C1COc2ccccc21)C(C)C. The first-order chi connectivity index (χ1) is 9.06. The van der Waals surface area contributed by atoms with Gasteiger partial charge in [-0.15, -0.1) is 0 Å². The van der Waals surface area contributed by atoms with Crippen molar-refractivity contribution in [2.45, 2.75) is 19.8 Å². The van der Waals surface area contributed by atoms with E-state index in [4.69, 9.17) is 9.47 Å². The summed E-state index contributed by atoms with van der Waals surface area (Å²) in [5.74, 6) is -1.05. The summed E-state index contributed by atoms with van der Waals surface area (Å²) in [5.41, 5.74) is 0.863. The third-order valence-corrected chi connectivity index (χ3v) is 3.47. The van der Waals surface area contributed by atoms with Crippen LogP contribution in [0.25, 0.3) is 0 Å². The van der Waals surface area contributed by atoms with Crippen molar-refractivity contribution < 1.29 is 19.1 Å². The van der Waals surface area contributed by atoms with Crippen molar-refractivity contribution >= 4 is 11.8 Å². The Balaban J connectivity index is 2.27. The van der Waals surface area contributed by atoms with Gasteiger partial charge in [0, 0.05) is 5.56 Å². The molecule has 0 radical (unpaired) electrons. The van der Waals surface area contributed by atoms with Crippen LogP contribution in [0.5, 0.6) is 5.75 Å². The Bertz CT molecular complexity index is 493. The third-order valence-electron chi connectivity index (χ3n) is 3.47. The van der Waals surface area contributed by atoms with Crippen LogP contribution in [0, 0.1) is 11.8 Å². The minimum atomic E-state index is -0.732. The quantitative estimate of drug-likeness (QED) is 0.616. The molecule has 0 amide bonds. The third kappa shape index (κ3) is 2.48. The zero-order valence-electron chi connectivity index (χ0n) is 11.4. The molecule has 2 atom stereocenters. The molecule has 0 saturated carbocycles. The highest BCUT2D eigenvalue weighted by molar-refractivity contribution is 6.03. The lowest BCUT2D eigenvalue weighted by molar-refractivity contribution is -0.151. The molecule has 0 bridgehead atoms. The molecule has 2 rings (SSSR count). The van der Waals surface area contributed by atoms with Crippen LogP contribution in [0.2, 0.25) is 0 Å². The van der Waals surface area contributed by atoms with Crippen LogP contribution in [0.3, 0.4) is 0 Å². The smallest absolute Gasteiger partial charge is 0.316 e. The fourth-order valence-corrected chi connectivity index (χ4v) is 2.46. The second kappa shape index (κ2) is 5.43. The predicted molar refractivity (Wildman–Crippen MR) is 70.0 cm³/mol. The summed E-state index contributed by atoms with van der Waals surface area (Å²) >= 11 is 0. The summed E-state index contributed by atoms with van der Waals surface area (Å²) < 4.78 is 10.2. The number of esters is 1. The summed E-state index contributed by atoms with van der Waals surface area (Å²) in [7, 11) is 1.31. The molecule has 4 heteroatoms. The number of Topliss-reactive ketones (excluding diaryl/α,β-unsaturated/α-hetero) is 1. The van der Waals surface area contributed by atoms with E-state index < -0.39 is 11.9 Å². The molecule has 1 aromatic carbocycles. The number of ether oxygens (including phenoxy) is 2. The summed E-state index contributed by atoms with van der Waals surface area (Å²) in [6.45, 7) is 4.00. The summed E-state index contributed by atoms with van der Waals surface area (Å²) in [6.07, 6.45) is 0. The van der Waals surface area contributed by atoms with Crippen LogP contribution < -0.4 is 4.74 Å². The van der Waals surface area contributed by atoms with Crippen molar-refractivity contribution in [3.8, 4) is 5.75 Å². The van der Waals surface area contributed by atoms with Gasteiger partial charge in [0.05, 0.1) is 13.0 Å². The molecular formula is C15H18O4. The molecule has 1 heterocycles. The number of carbonyl (C=O) groups excluding carboxylic acids is 2. The molecule has 102 valence electrons. The Kier molecular flexibility index (Phi) is 3.88. The van der Waals surface area contributed by atoms with Crippen molar-refractivity contribution in [2.24, 2.45) is 11.8 Å². The molecule has 0 spiro atoms. The number of carbonyl (C=O) groups is 2. The maximum absolute atomic E-state index is 12.6. The van der Waals surface area contributed by atoms with Gasteiger partial charge in [-0.05, 0) is 12.0 Å². The molecule has 1 aliphatic rings. The number of para-hydroxylation sites is 1. The van der Waals surface area contributed by atoms with E-state index in [1.807, 2.05) is 38.1 Å². The minimum absolute atomic E-state index is 0.0901. The maximum Gasteiger partial charge on any atom is 0.316 e. The van der Waals surface area contributed by atoms with Gasteiger partial charge in [-0.3, -0.25) is 9.59 Å². The van der Waals surface area contributed by atoms with E-state index in [0.717, 1.165) is 11.3 Å². The molecule has 0 saturated heterocycles. The average Bonchev–Trinajstić information content (AvgIpc) is 2.81. The Morgan fingerprint density at radius 1 is 1.32 bits per heavy atom. The number of hydrogen-bond donors (Lipinski definition) is 0. The van der Waals surface area contributed by atoms with E-state index in [-0.39, 0.29) is 17.6 Å². The van der Waals surface area contributed by atoms with Gasteiger partial charge in [0.2, 0.25) is 0 Å². The number of fused-ring (bicyclic) bond motifs is 1. The van der Waals surface area contributed by atoms with Crippen molar-refractivity contribution in [3.63, 3.8) is 0 Å². The van der Waals surface area contributed by atoms with Gasteiger partial charge < -0.3 is 9.47 Å². The summed E-state index contributed by atoms with van der Waals surface area (Å²) in [4.78, 5) is 24.3. The molecule has 0 fully saturated rings. The monoisotopic (exact) mass is 262 g/mol. The molecule has 1 aliphatic heterocycles. The molecule has 0 N–H and O–H groups in total. The number of ketones is 1. The molecule has 4 nitrogen and oxygen atoms in total. The first-order valence-corrected chi connectivity index (χ1v) is 6.39. The number of benzene rings is 1. The lowest BCUT2D eigenvalue weighted by Gasteiger charge is -2.20. The average molecular weight is 262 g/mol. The molecule has 2 unspecified atom stereocenters. The standard InChI is InChI=1S/C15H18O4/c1-9(2)13(15(17)18-3)14(16)11-8-19-12-7-5-4-6-10(11)12/h4-7,9,11,13H,8H2,1-3H3. The molecule has 0 aromatic heterocycles. The highest BCUT2D eigenvalue weighted by atomic mass is 16.5. The summed E-state index contributed by atoms with van der Waals surface area (Å²) in [5, 5.41) is 0. The van der Waals surface area contributed by atoms with Crippen LogP contribution in [0.1, 0.15) is 25.3 Å². The zero-order chi connectivity index (χ0) is 14.0. The normalized spacial score (nSPS) is 18.6. The molecule has 1 aromatic rings. The van der Waals surface area contributed by atoms with Crippen molar-refractivity contribution in [2.75, 3.05) is 13.7 Å². The molecule has 19 heavy (non-hydrogen) atoms. The Hall–Kier alpha value is -1.84. The van der Waals surface area contributed by atoms with Gasteiger partial charge in [-0.2, -0.15) is 0 Å². The van der Waals surface area contributed by atoms with Gasteiger partial charge in [-0.25, -0.2) is 0 Å². The van der Waals surface area contributed by atoms with Crippen LogP contribution in [-0.2, 0) is 14.3 Å². The fraction of sp³-hybridized carbons (Fsp3) is 0.467. The van der Waals surface area contributed by atoms with Crippen molar-refractivity contribution in [3.05, 3.63) is 29.8 Å². The van der Waals surface area contributed by atoms with E-state index in [1.54, 1.807) is 0 Å². The first-order valence-electron chi connectivity index (χ1n) is 6.39. The van der Waals surface area contributed by atoms with Gasteiger partial charge in [0.1, 0.15) is 18.3 Å².